The first-order valence-electron chi connectivity index (χ1n) is 7.01. The first-order chi connectivity index (χ1) is 8.39. The molecule has 1 rings (SSSR count). The third-order valence-electron chi connectivity index (χ3n) is 4.18. The molecule has 1 aliphatic heterocycles. The third-order valence-corrected chi connectivity index (χ3v) is 4.18. The molecule has 0 aliphatic carbocycles. The van der Waals surface area contributed by atoms with E-state index in [0.29, 0.717) is 12.6 Å². The van der Waals surface area contributed by atoms with Gasteiger partial charge in [0.1, 0.15) is 0 Å². The molecule has 0 aromatic carbocycles. The maximum absolute atomic E-state index is 11.4. The summed E-state index contributed by atoms with van der Waals surface area (Å²) < 4.78 is 0. The van der Waals surface area contributed by atoms with E-state index in [9.17, 15) is 9.90 Å². The van der Waals surface area contributed by atoms with Crippen molar-refractivity contribution in [3.05, 3.63) is 0 Å². The first-order valence-corrected chi connectivity index (χ1v) is 7.01. The molecule has 0 amide bonds. The Bertz CT molecular complexity index is 273. The highest BCUT2D eigenvalue weighted by Gasteiger charge is 2.35. The number of carbonyl (C=O) groups is 1. The lowest BCUT2D eigenvalue weighted by molar-refractivity contribution is -0.149. The van der Waals surface area contributed by atoms with Crippen LogP contribution in [-0.2, 0) is 4.79 Å². The van der Waals surface area contributed by atoms with Crippen LogP contribution in [0.15, 0.2) is 0 Å². The molecule has 106 valence electrons. The van der Waals surface area contributed by atoms with Gasteiger partial charge in [0.05, 0.1) is 5.41 Å². The second-order valence-corrected chi connectivity index (χ2v) is 6.09. The number of hydrogen-bond acceptors (Lipinski definition) is 3. The van der Waals surface area contributed by atoms with E-state index < -0.39 is 11.4 Å². The molecular weight excluding hydrogens is 228 g/mol. The van der Waals surface area contributed by atoms with Gasteiger partial charge < -0.3 is 14.9 Å². The first kappa shape index (κ1) is 15.4. The van der Waals surface area contributed by atoms with Crippen molar-refractivity contribution < 1.29 is 9.90 Å². The summed E-state index contributed by atoms with van der Waals surface area (Å²) in [6, 6.07) is 0.656. The number of hydrogen-bond donors (Lipinski definition) is 1. The molecular formula is C14H28N2O2. The Labute approximate surface area is 111 Å². The zero-order valence-corrected chi connectivity index (χ0v) is 12.3. The van der Waals surface area contributed by atoms with Crippen molar-refractivity contribution >= 4 is 5.97 Å². The Morgan fingerprint density at radius 2 is 1.94 bits per heavy atom. The van der Waals surface area contributed by atoms with Gasteiger partial charge in [-0.1, -0.05) is 13.3 Å². The normalized spacial score (nSPS) is 22.1. The van der Waals surface area contributed by atoms with Crippen LogP contribution in [0.3, 0.4) is 0 Å². The summed E-state index contributed by atoms with van der Waals surface area (Å²) in [5.74, 6) is -0.654. The molecule has 0 radical (unpaired) electrons. The number of piperidine rings is 1. The highest BCUT2D eigenvalue weighted by molar-refractivity contribution is 5.74. The maximum atomic E-state index is 11.4. The third kappa shape index (κ3) is 3.95. The fourth-order valence-electron chi connectivity index (χ4n) is 2.89. The highest BCUT2D eigenvalue weighted by atomic mass is 16.4. The van der Waals surface area contributed by atoms with Crippen molar-refractivity contribution in [2.24, 2.45) is 5.41 Å². The molecule has 1 atom stereocenters. The van der Waals surface area contributed by atoms with Gasteiger partial charge in [0.2, 0.25) is 0 Å². The van der Waals surface area contributed by atoms with Crippen LogP contribution < -0.4 is 0 Å². The van der Waals surface area contributed by atoms with E-state index in [1.807, 2.05) is 6.92 Å². The van der Waals surface area contributed by atoms with E-state index in [0.717, 1.165) is 38.8 Å². The fourth-order valence-corrected chi connectivity index (χ4v) is 2.89. The monoisotopic (exact) mass is 256 g/mol. The number of likely N-dealkylation sites (tertiary alicyclic amines) is 1. The summed E-state index contributed by atoms with van der Waals surface area (Å²) in [4.78, 5) is 16.0. The Morgan fingerprint density at radius 1 is 1.39 bits per heavy atom. The van der Waals surface area contributed by atoms with Crippen LogP contribution in [0.2, 0.25) is 0 Å². The molecule has 1 saturated heterocycles. The average molecular weight is 256 g/mol. The van der Waals surface area contributed by atoms with Crippen molar-refractivity contribution in [2.75, 3.05) is 33.7 Å². The molecule has 0 aromatic rings. The van der Waals surface area contributed by atoms with Crippen LogP contribution in [-0.4, -0.2) is 60.6 Å². The second kappa shape index (κ2) is 6.53. The lowest BCUT2D eigenvalue weighted by Crippen LogP contribution is -2.47. The number of carboxylic acids is 1. The number of nitrogens with zero attached hydrogens (tertiary/aromatic N) is 2. The van der Waals surface area contributed by atoms with Gasteiger partial charge in [0.25, 0.3) is 0 Å². The zero-order chi connectivity index (χ0) is 13.8. The molecule has 0 spiro atoms. The molecule has 1 aliphatic rings. The van der Waals surface area contributed by atoms with Gasteiger partial charge in [-0.3, -0.25) is 4.79 Å². The number of carboxylic acid groups (broad SMARTS) is 1. The van der Waals surface area contributed by atoms with Crippen LogP contribution in [0.1, 0.15) is 39.5 Å². The minimum absolute atomic E-state index is 0.584. The smallest absolute Gasteiger partial charge is 0.310 e. The summed E-state index contributed by atoms with van der Waals surface area (Å²) >= 11 is 0. The van der Waals surface area contributed by atoms with Crippen molar-refractivity contribution in [3.8, 4) is 0 Å². The quantitative estimate of drug-likeness (QED) is 0.788. The summed E-state index contributed by atoms with van der Waals surface area (Å²) in [5, 5.41) is 9.40. The van der Waals surface area contributed by atoms with Gasteiger partial charge in [-0.25, -0.2) is 0 Å². The zero-order valence-electron chi connectivity index (χ0n) is 12.3. The predicted octanol–water partition coefficient (Wildman–Crippen LogP) is 1.90. The second-order valence-electron chi connectivity index (χ2n) is 6.09. The van der Waals surface area contributed by atoms with Crippen molar-refractivity contribution in [1.29, 1.82) is 0 Å². The van der Waals surface area contributed by atoms with E-state index in [2.05, 4.69) is 30.8 Å². The van der Waals surface area contributed by atoms with Crippen LogP contribution in [0, 0.1) is 5.41 Å². The van der Waals surface area contributed by atoms with Crippen molar-refractivity contribution in [2.45, 2.75) is 45.6 Å². The maximum Gasteiger partial charge on any atom is 0.310 e. The lowest BCUT2D eigenvalue weighted by Gasteiger charge is -2.38. The summed E-state index contributed by atoms with van der Waals surface area (Å²) in [6.45, 7) is 6.68. The van der Waals surface area contributed by atoms with Crippen molar-refractivity contribution in [1.82, 2.24) is 9.80 Å². The van der Waals surface area contributed by atoms with Crippen LogP contribution in [0.25, 0.3) is 0 Å². The standard InChI is InChI=1S/C14H28N2O2/c1-5-8-14(2,13(17)18)11-16-9-6-12(7-10-16)15(3)4/h12H,5-11H2,1-4H3,(H,17,18). The van der Waals surface area contributed by atoms with Gasteiger partial charge in [0.15, 0.2) is 0 Å². The summed E-state index contributed by atoms with van der Waals surface area (Å²) in [7, 11) is 4.25. The Morgan fingerprint density at radius 3 is 2.33 bits per heavy atom. The summed E-state index contributed by atoms with van der Waals surface area (Å²) in [6.07, 6.45) is 3.98. The van der Waals surface area contributed by atoms with Crippen LogP contribution in [0.4, 0.5) is 0 Å². The van der Waals surface area contributed by atoms with E-state index in [1.54, 1.807) is 0 Å². The molecule has 0 bridgehead atoms. The van der Waals surface area contributed by atoms with Crippen molar-refractivity contribution in [3.63, 3.8) is 0 Å². The van der Waals surface area contributed by atoms with Gasteiger partial charge in [-0.2, -0.15) is 0 Å². The van der Waals surface area contributed by atoms with Crippen LogP contribution >= 0.6 is 0 Å². The number of aliphatic carboxylic acids is 1. The topological polar surface area (TPSA) is 43.8 Å². The Balaban J connectivity index is 2.50. The van der Waals surface area contributed by atoms with Gasteiger partial charge in [-0.05, 0) is 53.4 Å². The van der Waals surface area contributed by atoms with E-state index >= 15 is 0 Å². The Kier molecular flexibility index (Phi) is 5.60. The van der Waals surface area contributed by atoms with Crippen LogP contribution in [0.5, 0.6) is 0 Å². The van der Waals surface area contributed by atoms with E-state index in [4.69, 9.17) is 0 Å². The molecule has 4 nitrogen and oxygen atoms in total. The largest absolute Gasteiger partial charge is 0.481 e. The summed E-state index contributed by atoms with van der Waals surface area (Å²) in [5.41, 5.74) is -0.584. The molecule has 1 N–H and O–H groups in total. The predicted molar refractivity (Wildman–Crippen MR) is 73.8 cm³/mol. The Hall–Kier alpha value is -0.610. The fraction of sp³-hybridized carbons (Fsp3) is 0.929. The minimum atomic E-state index is -0.654. The van der Waals surface area contributed by atoms with Gasteiger partial charge in [0, 0.05) is 12.6 Å². The highest BCUT2D eigenvalue weighted by Crippen LogP contribution is 2.27. The van der Waals surface area contributed by atoms with E-state index in [-0.39, 0.29) is 0 Å². The molecule has 0 aromatic heterocycles. The molecule has 1 heterocycles. The molecule has 18 heavy (non-hydrogen) atoms. The number of rotatable bonds is 6. The molecule has 0 saturated carbocycles. The van der Waals surface area contributed by atoms with Gasteiger partial charge >= 0.3 is 5.97 Å². The lowest BCUT2D eigenvalue weighted by atomic mass is 9.84. The average Bonchev–Trinajstić information content (AvgIpc) is 2.29. The molecule has 1 fully saturated rings. The van der Waals surface area contributed by atoms with E-state index in [1.165, 1.54) is 0 Å². The molecule has 4 heteroatoms. The molecule has 1 unspecified atom stereocenters. The van der Waals surface area contributed by atoms with Gasteiger partial charge in [-0.15, -0.1) is 0 Å². The SMILES string of the molecule is CCCC(C)(CN1CCC(N(C)C)CC1)C(=O)O. The minimum Gasteiger partial charge on any atom is -0.481 e.